The number of carbonyl (C=O) groups excluding carboxylic acids is 1. The summed E-state index contributed by atoms with van der Waals surface area (Å²) in [6, 6.07) is 13.6. The fourth-order valence-corrected chi connectivity index (χ4v) is 2.67. The van der Waals surface area contributed by atoms with Gasteiger partial charge in [0.25, 0.3) is 5.91 Å². The van der Waals surface area contributed by atoms with Crippen LogP contribution in [0.3, 0.4) is 0 Å². The summed E-state index contributed by atoms with van der Waals surface area (Å²) in [4.78, 5) is 14.5. The van der Waals surface area contributed by atoms with Crippen molar-refractivity contribution < 1.29 is 4.79 Å². The Hall–Kier alpha value is -2.29. The zero-order chi connectivity index (χ0) is 13.4. The number of hydrogen-bond acceptors (Lipinski definition) is 2. The number of amides is 1. The van der Waals surface area contributed by atoms with Gasteiger partial charge in [0.05, 0.1) is 5.56 Å². The third-order valence-electron chi connectivity index (χ3n) is 3.65. The molecule has 3 nitrogen and oxygen atoms in total. The Morgan fingerprint density at radius 3 is 2.74 bits per heavy atom. The molecule has 0 bridgehead atoms. The molecule has 0 atom stereocenters. The molecule has 2 aromatic carbocycles. The monoisotopic (exact) mass is 252 g/mol. The summed E-state index contributed by atoms with van der Waals surface area (Å²) in [5.41, 5.74) is 10.3. The van der Waals surface area contributed by atoms with Crippen molar-refractivity contribution in [1.82, 2.24) is 0 Å². The van der Waals surface area contributed by atoms with Crippen LogP contribution in [0.5, 0.6) is 0 Å². The van der Waals surface area contributed by atoms with Crippen LogP contribution >= 0.6 is 0 Å². The van der Waals surface area contributed by atoms with Gasteiger partial charge >= 0.3 is 0 Å². The number of nitrogen functional groups attached to an aromatic ring is 1. The Labute approximate surface area is 112 Å². The van der Waals surface area contributed by atoms with Gasteiger partial charge in [-0.25, -0.2) is 0 Å². The molecule has 1 amide bonds. The van der Waals surface area contributed by atoms with E-state index in [-0.39, 0.29) is 5.91 Å². The lowest BCUT2D eigenvalue weighted by Crippen LogP contribution is -2.30. The molecule has 19 heavy (non-hydrogen) atoms. The number of nitrogens with two attached hydrogens (primary N) is 1. The molecule has 1 heterocycles. The van der Waals surface area contributed by atoms with Crippen LogP contribution in [0.15, 0.2) is 42.5 Å². The van der Waals surface area contributed by atoms with E-state index in [9.17, 15) is 4.79 Å². The SMILES string of the molecule is Cc1cccc(N)c1C(=O)N1CCc2ccccc21. The maximum atomic E-state index is 12.7. The third-order valence-corrected chi connectivity index (χ3v) is 3.65. The lowest BCUT2D eigenvalue weighted by molar-refractivity contribution is 0.0989. The first-order chi connectivity index (χ1) is 9.18. The van der Waals surface area contributed by atoms with Crippen molar-refractivity contribution in [3.8, 4) is 0 Å². The van der Waals surface area contributed by atoms with Crippen molar-refractivity contribution in [3.05, 3.63) is 59.2 Å². The Balaban J connectivity index is 2.03. The average Bonchev–Trinajstić information content (AvgIpc) is 2.82. The number of fused-ring (bicyclic) bond motifs is 1. The van der Waals surface area contributed by atoms with Crippen LogP contribution in [0.25, 0.3) is 0 Å². The molecule has 3 rings (SSSR count). The molecular formula is C16H16N2O. The Morgan fingerprint density at radius 1 is 1.16 bits per heavy atom. The van der Waals surface area contributed by atoms with Gasteiger partial charge in [0, 0.05) is 17.9 Å². The van der Waals surface area contributed by atoms with E-state index in [1.807, 2.05) is 42.2 Å². The number of aryl methyl sites for hydroxylation is 1. The fourth-order valence-electron chi connectivity index (χ4n) is 2.67. The first-order valence-electron chi connectivity index (χ1n) is 6.43. The molecular weight excluding hydrogens is 236 g/mol. The first kappa shape index (κ1) is 11.8. The second-order valence-corrected chi connectivity index (χ2v) is 4.87. The van der Waals surface area contributed by atoms with Crippen molar-refractivity contribution in [2.45, 2.75) is 13.3 Å². The summed E-state index contributed by atoms with van der Waals surface area (Å²) in [6.45, 7) is 2.65. The van der Waals surface area contributed by atoms with E-state index in [1.165, 1.54) is 5.56 Å². The zero-order valence-corrected chi connectivity index (χ0v) is 10.9. The van der Waals surface area contributed by atoms with E-state index < -0.39 is 0 Å². The highest BCUT2D eigenvalue weighted by Gasteiger charge is 2.27. The number of hydrogen-bond donors (Lipinski definition) is 1. The molecule has 0 saturated carbocycles. The molecule has 96 valence electrons. The van der Waals surface area contributed by atoms with Crippen LogP contribution < -0.4 is 10.6 Å². The minimum Gasteiger partial charge on any atom is -0.398 e. The summed E-state index contributed by atoms with van der Waals surface area (Å²) >= 11 is 0. The lowest BCUT2D eigenvalue weighted by atomic mass is 10.1. The summed E-state index contributed by atoms with van der Waals surface area (Å²) in [5.74, 6) is 0.000509. The van der Waals surface area contributed by atoms with Crippen molar-refractivity contribution in [2.24, 2.45) is 0 Å². The van der Waals surface area contributed by atoms with Gasteiger partial charge in [0.15, 0.2) is 0 Å². The quantitative estimate of drug-likeness (QED) is 0.793. The first-order valence-corrected chi connectivity index (χ1v) is 6.43. The van der Waals surface area contributed by atoms with Gasteiger partial charge in [-0.15, -0.1) is 0 Å². The Kier molecular flexibility index (Phi) is 2.75. The van der Waals surface area contributed by atoms with E-state index in [2.05, 4.69) is 6.07 Å². The van der Waals surface area contributed by atoms with Gasteiger partial charge in [-0.1, -0.05) is 30.3 Å². The molecule has 2 N–H and O–H groups in total. The molecule has 2 aromatic rings. The van der Waals surface area contributed by atoms with Crippen molar-refractivity contribution in [2.75, 3.05) is 17.2 Å². The number of benzene rings is 2. The third kappa shape index (κ3) is 1.87. The van der Waals surface area contributed by atoms with E-state index >= 15 is 0 Å². The second-order valence-electron chi connectivity index (χ2n) is 4.87. The minimum absolute atomic E-state index is 0.000509. The van der Waals surface area contributed by atoms with Gasteiger partial charge in [-0.2, -0.15) is 0 Å². The molecule has 3 heteroatoms. The maximum absolute atomic E-state index is 12.7. The number of rotatable bonds is 1. The minimum atomic E-state index is 0.000509. The highest BCUT2D eigenvalue weighted by atomic mass is 16.2. The molecule has 0 saturated heterocycles. The van der Waals surface area contributed by atoms with E-state index in [0.717, 1.165) is 24.2 Å². The Morgan fingerprint density at radius 2 is 1.95 bits per heavy atom. The number of para-hydroxylation sites is 1. The van der Waals surface area contributed by atoms with Crippen LogP contribution in [0.4, 0.5) is 11.4 Å². The predicted molar refractivity (Wildman–Crippen MR) is 77.4 cm³/mol. The standard InChI is InChI=1S/C16H16N2O/c1-11-5-4-7-13(17)15(11)16(19)18-10-9-12-6-2-3-8-14(12)18/h2-8H,9-10,17H2,1H3. The van der Waals surface area contributed by atoms with E-state index in [4.69, 9.17) is 5.73 Å². The van der Waals surface area contributed by atoms with Crippen LogP contribution in [0.2, 0.25) is 0 Å². The van der Waals surface area contributed by atoms with Crippen LogP contribution in [0, 0.1) is 6.92 Å². The van der Waals surface area contributed by atoms with Crippen molar-refractivity contribution in [3.63, 3.8) is 0 Å². The molecule has 1 aliphatic rings. The van der Waals surface area contributed by atoms with Crippen LogP contribution in [0.1, 0.15) is 21.5 Å². The summed E-state index contributed by atoms with van der Waals surface area (Å²) < 4.78 is 0. The fraction of sp³-hybridized carbons (Fsp3) is 0.188. The second kappa shape index (κ2) is 4.43. The summed E-state index contributed by atoms with van der Waals surface area (Å²) in [7, 11) is 0. The van der Waals surface area contributed by atoms with Gasteiger partial charge in [0.1, 0.15) is 0 Å². The summed E-state index contributed by atoms with van der Waals surface area (Å²) in [5, 5.41) is 0. The molecule has 0 unspecified atom stereocenters. The molecule has 0 aromatic heterocycles. The van der Waals surface area contributed by atoms with E-state index in [0.29, 0.717) is 11.3 Å². The molecule has 0 aliphatic carbocycles. The van der Waals surface area contributed by atoms with E-state index in [1.54, 1.807) is 6.07 Å². The molecule has 1 aliphatic heterocycles. The lowest BCUT2D eigenvalue weighted by Gasteiger charge is -2.19. The Bertz CT molecular complexity index is 629. The predicted octanol–water partition coefficient (Wildman–Crippen LogP) is 2.78. The van der Waals surface area contributed by atoms with Gasteiger partial charge < -0.3 is 10.6 Å². The zero-order valence-electron chi connectivity index (χ0n) is 10.9. The maximum Gasteiger partial charge on any atom is 0.260 e. The van der Waals surface area contributed by atoms with Crippen molar-refractivity contribution >= 4 is 17.3 Å². The molecule has 0 fully saturated rings. The number of nitrogens with zero attached hydrogens (tertiary/aromatic N) is 1. The van der Waals surface area contributed by atoms with Gasteiger partial charge in [-0.3, -0.25) is 4.79 Å². The van der Waals surface area contributed by atoms with Crippen LogP contribution in [-0.2, 0) is 6.42 Å². The largest absolute Gasteiger partial charge is 0.398 e. The van der Waals surface area contributed by atoms with Gasteiger partial charge in [-0.05, 0) is 36.6 Å². The molecule has 0 radical (unpaired) electrons. The average molecular weight is 252 g/mol. The summed E-state index contributed by atoms with van der Waals surface area (Å²) in [6.07, 6.45) is 0.910. The van der Waals surface area contributed by atoms with Crippen LogP contribution in [-0.4, -0.2) is 12.5 Å². The normalized spacial score (nSPS) is 13.4. The number of anilines is 2. The molecule has 0 spiro atoms. The highest BCUT2D eigenvalue weighted by molar-refractivity contribution is 6.11. The smallest absolute Gasteiger partial charge is 0.260 e. The van der Waals surface area contributed by atoms with Crippen molar-refractivity contribution in [1.29, 1.82) is 0 Å². The number of carbonyl (C=O) groups is 1. The topological polar surface area (TPSA) is 46.3 Å². The van der Waals surface area contributed by atoms with Gasteiger partial charge in [0.2, 0.25) is 0 Å². The highest BCUT2D eigenvalue weighted by Crippen LogP contribution is 2.30.